The summed E-state index contributed by atoms with van der Waals surface area (Å²) in [5, 5.41) is 9.86. The summed E-state index contributed by atoms with van der Waals surface area (Å²) >= 11 is 1.87. The molecule has 0 spiro atoms. The Hall–Kier alpha value is -2.02. The van der Waals surface area contributed by atoms with Crippen molar-refractivity contribution < 1.29 is 14.6 Å². The molecular formula is C23H28N2O3S. The first-order chi connectivity index (χ1) is 14.1. The van der Waals surface area contributed by atoms with E-state index in [0.29, 0.717) is 13.1 Å². The lowest BCUT2D eigenvalue weighted by atomic mass is 10.0. The number of likely N-dealkylation sites (tertiary alicyclic amines) is 1. The fraction of sp³-hybridized carbons (Fsp3) is 0.435. The minimum atomic E-state index is -0.270. The van der Waals surface area contributed by atoms with Crippen LogP contribution in [0, 0.1) is 0 Å². The number of ether oxygens (including phenoxy) is 1. The highest BCUT2D eigenvalue weighted by Gasteiger charge is 2.28. The molecule has 1 fully saturated rings. The smallest absolute Gasteiger partial charge is 0.260 e. The molecule has 0 radical (unpaired) electrons. The number of fused-ring (bicyclic) bond motifs is 1. The number of amides is 1. The van der Waals surface area contributed by atoms with Gasteiger partial charge in [-0.05, 0) is 42.2 Å². The molecule has 1 amide bonds. The second-order valence-corrected chi connectivity index (χ2v) is 8.93. The molecule has 29 heavy (non-hydrogen) atoms. The first-order valence-corrected chi connectivity index (χ1v) is 11.2. The van der Waals surface area contributed by atoms with Crippen LogP contribution >= 0.6 is 11.8 Å². The molecule has 0 aromatic heterocycles. The van der Waals surface area contributed by atoms with Gasteiger partial charge in [0.05, 0.1) is 12.1 Å². The Balaban J connectivity index is 1.42. The lowest BCUT2D eigenvalue weighted by molar-refractivity contribution is -0.134. The van der Waals surface area contributed by atoms with Crippen molar-refractivity contribution in [1.29, 1.82) is 0 Å². The lowest BCUT2D eigenvalue weighted by Gasteiger charge is -2.32. The van der Waals surface area contributed by atoms with Crippen molar-refractivity contribution in [3.63, 3.8) is 0 Å². The number of aliphatic hydroxyl groups excluding tert-OH is 1. The molecule has 2 aliphatic heterocycles. The molecular weight excluding hydrogens is 384 g/mol. The SMILES string of the molecule is CN(C(=O)COc1ccc2c(c1)CCS2)C(CN1CC[C@H](O)C1)c1ccccc1. The number of likely N-dealkylation sites (N-methyl/N-ethyl adjacent to an activating group) is 1. The third-order valence-corrected chi connectivity index (χ3v) is 6.86. The van der Waals surface area contributed by atoms with Crippen LogP contribution in [0.5, 0.6) is 5.75 Å². The Kier molecular flexibility index (Phi) is 6.43. The van der Waals surface area contributed by atoms with Gasteiger partial charge in [0, 0.05) is 37.3 Å². The van der Waals surface area contributed by atoms with Crippen LogP contribution < -0.4 is 4.74 Å². The maximum Gasteiger partial charge on any atom is 0.260 e. The Bertz CT molecular complexity index is 845. The molecule has 2 aromatic carbocycles. The molecule has 2 atom stereocenters. The molecule has 6 heteroatoms. The summed E-state index contributed by atoms with van der Waals surface area (Å²) in [6.45, 7) is 2.25. The van der Waals surface area contributed by atoms with E-state index in [-0.39, 0.29) is 24.7 Å². The number of benzene rings is 2. The Morgan fingerprint density at radius 1 is 1.31 bits per heavy atom. The van der Waals surface area contributed by atoms with Crippen molar-refractivity contribution in [1.82, 2.24) is 9.80 Å². The maximum absolute atomic E-state index is 12.9. The van der Waals surface area contributed by atoms with Crippen LogP contribution in [0.2, 0.25) is 0 Å². The fourth-order valence-corrected chi connectivity index (χ4v) is 5.08. The predicted octanol–water partition coefficient (Wildman–Crippen LogP) is 2.98. The number of nitrogens with zero attached hydrogens (tertiary/aromatic N) is 2. The van der Waals surface area contributed by atoms with E-state index in [9.17, 15) is 9.90 Å². The monoisotopic (exact) mass is 412 g/mol. The van der Waals surface area contributed by atoms with Crippen LogP contribution in [0.25, 0.3) is 0 Å². The van der Waals surface area contributed by atoms with Crippen LogP contribution in [-0.4, -0.2) is 66.0 Å². The molecule has 2 heterocycles. The van der Waals surface area contributed by atoms with Gasteiger partial charge in [-0.25, -0.2) is 0 Å². The van der Waals surface area contributed by atoms with E-state index in [1.807, 2.05) is 43.1 Å². The first kappa shape index (κ1) is 20.3. The standard InChI is InChI=1S/C23H28N2O3S/c1-24(23(27)16-28-20-7-8-22-18(13-20)10-12-29-22)21(17-5-3-2-4-6-17)15-25-11-9-19(26)14-25/h2-8,13,19,21,26H,9-12,14-16H2,1H3/t19-,21?/m0/s1. The molecule has 0 bridgehead atoms. The second kappa shape index (κ2) is 9.20. The van der Waals surface area contributed by atoms with Gasteiger partial charge in [0.15, 0.2) is 6.61 Å². The van der Waals surface area contributed by atoms with Crippen molar-refractivity contribution in [2.45, 2.75) is 29.9 Å². The van der Waals surface area contributed by atoms with Gasteiger partial charge in [0.2, 0.25) is 0 Å². The molecule has 1 saturated heterocycles. The summed E-state index contributed by atoms with van der Waals surface area (Å²) in [6, 6.07) is 16.1. The molecule has 4 rings (SSSR count). The van der Waals surface area contributed by atoms with Crippen LogP contribution in [0.4, 0.5) is 0 Å². The van der Waals surface area contributed by atoms with Crippen molar-refractivity contribution in [3.8, 4) is 5.75 Å². The van der Waals surface area contributed by atoms with Crippen LogP contribution in [0.3, 0.4) is 0 Å². The Morgan fingerprint density at radius 2 is 2.14 bits per heavy atom. The minimum absolute atomic E-state index is 0.0222. The van der Waals surface area contributed by atoms with Gasteiger partial charge < -0.3 is 14.7 Å². The van der Waals surface area contributed by atoms with Crippen molar-refractivity contribution in [2.24, 2.45) is 0 Å². The zero-order valence-corrected chi connectivity index (χ0v) is 17.6. The van der Waals surface area contributed by atoms with Gasteiger partial charge >= 0.3 is 0 Å². The number of carbonyl (C=O) groups is 1. The summed E-state index contributed by atoms with van der Waals surface area (Å²) in [4.78, 5) is 18.3. The number of aryl methyl sites for hydroxylation is 1. The van der Waals surface area contributed by atoms with E-state index in [0.717, 1.165) is 36.5 Å². The zero-order chi connectivity index (χ0) is 20.2. The van der Waals surface area contributed by atoms with Gasteiger partial charge in [-0.1, -0.05) is 30.3 Å². The van der Waals surface area contributed by atoms with Gasteiger partial charge in [-0.2, -0.15) is 0 Å². The Morgan fingerprint density at radius 3 is 2.90 bits per heavy atom. The van der Waals surface area contributed by atoms with Crippen LogP contribution in [-0.2, 0) is 11.2 Å². The summed E-state index contributed by atoms with van der Waals surface area (Å²) in [7, 11) is 1.84. The largest absolute Gasteiger partial charge is 0.484 e. The van der Waals surface area contributed by atoms with Crippen molar-refractivity contribution in [2.75, 3.05) is 39.0 Å². The molecule has 2 aliphatic rings. The van der Waals surface area contributed by atoms with E-state index in [1.165, 1.54) is 10.5 Å². The van der Waals surface area contributed by atoms with Crippen molar-refractivity contribution >= 4 is 17.7 Å². The minimum Gasteiger partial charge on any atom is -0.484 e. The second-order valence-electron chi connectivity index (χ2n) is 7.79. The maximum atomic E-state index is 12.9. The highest BCUT2D eigenvalue weighted by molar-refractivity contribution is 7.99. The quantitative estimate of drug-likeness (QED) is 0.758. The molecule has 1 N–H and O–H groups in total. The molecule has 1 unspecified atom stereocenters. The summed E-state index contributed by atoms with van der Waals surface area (Å²) < 4.78 is 5.83. The number of aliphatic hydroxyl groups is 1. The summed E-state index contributed by atoms with van der Waals surface area (Å²) in [5.74, 6) is 1.82. The van der Waals surface area contributed by atoms with Gasteiger partial charge in [0.1, 0.15) is 5.75 Å². The topological polar surface area (TPSA) is 53.0 Å². The van der Waals surface area contributed by atoms with E-state index in [4.69, 9.17) is 4.74 Å². The van der Waals surface area contributed by atoms with Gasteiger partial charge in [0.25, 0.3) is 5.91 Å². The predicted molar refractivity (Wildman–Crippen MR) is 115 cm³/mol. The summed E-state index contributed by atoms with van der Waals surface area (Å²) in [5.41, 5.74) is 2.40. The molecule has 154 valence electrons. The van der Waals surface area contributed by atoms with Gasteiger partial charge in [-0.15, -0.1) is 11.8 Å². The van der Waals surface area contributed by atoms with Crippen LogP contribution in [0.15, 0.2) is 53.4 Å². The number of thioether (sulfide) groups is 1. The number of carbonyl (C=O) groups excluding carboxylic acids is 1. The van der Waals surface area contributed by atoms with E-state index < -0.39 is 0 Å². The lowest BCUT2D eigenvalue weighted by Crippen LogP contribution is -2.40. The third kappa shape index (κ3) is 4.94. The van der Waals surface area contributed by atoms with Crippen molar-refractivity contribution in [3.05, 3.63) is 59.7 Å². The Labute approximate surface area is 176 Å². The third-order valence-electron chi connectivity index (χ3n) is 5.75. The molecule has 0 saturated carbocycles. The normalized spacial score (nSPS) is 19.7. The van der Waals surface area contributed by atoms with E-state index in [1.54, 1.807) is 4.90 Å². The van der Waals surface area contributed by atoms with Crippen LogP contribution in [0.1, 0.15) is 23.6 Å². The number of rotatable bonds is 7. The highest BCUT2D eigenvalue weighted by atomic mass is 32.2. The number of hydrogen-bond acceptors (Lipinski definition) is 5. The average Bonchev–Trinajstić information content (AvgIpc) is 3.38. The molecule has 2 aromatic rings. The van der Waals surface area contributed by atoms with E-state index in [2.05, 4.69) is 29.2 Å². The number of hydrogen-bond donors (Lipinski definition) is 1. The zero-order valence-electron chi connectivity index (χ0n) is 16.8. The van der Waals surface area contributed by atoms with E-state index >= 15 is 0 Å². The highest BCUT2D eigenvalue weighted by Crippen LogP contribution is 2.33. The fourth-order valence-electron chi connectivity index (χ4n) is 4.02. The molecule has 0 aliphatic carbocycles. The van der Waals surface area contributed by atoms with Gasteiger partial charge in [-0.3, -0.25) is 9.69 Å². The first-order valence-electron chi connectivity index (χ1n) is 10.2. The molecule has 5 nitrogen and oxygen atoms in total. The average molecular weight is 413 g/mol. The number of β-amino-alcohol motifs (C(OH)–C–C–N with tert-alkyl or cyclic N) is 1. The summed E-state index contributed by atoms with van der Waals surface area (Å²) in [6.07, 6.45) is 1.58.